The molecule has 174 valence electrons. The molecular formula is C28H36N4O. The quantitative estimate of drug-likeness (QED) is 0.735. The van der Waals surface area contributed by atoms with Crippen LogP contribution in [0.1, 0.15) is 56.1 Å². The summed E-state index contributed by atoms with van der Waals surface area (Å²) < 4.78 is 0. The third-order valence-corrected chi connectivity index (χ3v) is 8.82. The van der Waals surface area contributed by atoms with Gasteiger partial charge in [-0.25, -0.2) is 0 Å². The Hall–Kier alpha value is -2.39. The Morgan fingerprint density at radius 1 is 1.00 bits per heavy atom. The molecule has 1 aliphatic heterocycles. The molecule has 2 aliphatic carbocycles. The second-order valence-corrected chi connectivity index (χ2v) is 10.6. The Labute approximate surface area is 198 Å². The van der Waals surface area contributed by atoms with E-state index in [1.165, 1.54) is 24.8 Å². The normalized spacial score (nSPS) is 30.5. The van der Waals surface area contributed by atoms with E-state index in [0.29, 0.717) is 11.5 Å². The average Bonchev–Trinajstić information content (AvgIpc) is 3.08. The van der Waals surface area contributed by atoms with Crippen LogP contribution in [-0.4, -0.2) is 54.0 Å². The summed E-state index contributed by atoms with van der Waals surface area (Å²) in [5, 5.41) is 21.3. The lowest BCUT2D eigenvalue weighted by Gasteiger charge is -2.52. The molecule has 1 saturated heterocycles. The number of rotatable bonds is 5. The highest BCUT2D eigenvalue weighted by atomic mass is 16.3. The second-order valence-electron chi connectivity index (χ2n) is 10.6. The Kier molecular flexibility index (Phi) is 5.95. The van der Waals surface area contributed by atoms with Gasteiger partial charge in [0, 0.05) is 24.2 Å². The molecule has 0 amide bonds. The van der Waals surface area contributed by atoms with Gasteiger partial charge in [0.2, 0.25) is 0 Å². The lowest BCUT2D eigenvalue weighted by molar-refractivity contribution is -0.0660. The summed E-state index contributed by atoms with van der Waals surface area (Å²) >= 11 is 0. The van der Waals surface area contributed by atoms with Crippen molar-refractivity contribution in [1.29, 1.82) is 5.26 Å². The molecule has 0 radical (unpaired) electrons. The van der Waals surface area contributed by atoms with Gasteiger partial charge in [-0.15, -0.1) is 0 Å². The van der Waals surface area contributed by atoms with E-state index < -0.39 is 6.35 Å². The van der Waals surface area contributed by atoms with Gasteiger partial charge in [-0.3, -0.25) is 9.80 Å². The van der Waals surface area contributed by atoms with E-state index in [2.05, 4.69) is 65.2 Å². The molecule has 3 aliphatic rings. The number of para-hydroxylation sites is 1. The van der Waals surface area contributed by atoms with Gasteiger partial charge in [-0.1, -0.05) is 48.9 Å². The van der Waals surface area contributed by atoms with Crippen LogP contribution in [0, 0.1) is 17.2 Å². The van der Waals surface area contributed by atoms with Crippen molar-refractivity contribution in [2.45, 2.75) is 62.4 Å². The molecule has 2 aromatic rings. The lowest BCUT2D eigenvalue weighted by atomic mass is 9.68. The van der Waals surface area contributed by atoms with Crippen molar-refractivity contribution in [3.63, 3.8) is 0 Å². The second kappa shape index (κ2) is 8.76. The summed E-state index contributed by atoms with van der Waals surface area (Å²) in [6, 6.07) is 21.0. The van der Waals surface area contributed by atoms with Crippen molar-refractivity contribution >= 4 is 5.69 Å². The summed E-state index contributed by atoms with van der Waals surface area (Å²) in [4.78, 5) is 6.89. The van der Waals surface area contributed by atoms with Gasteiger partial charge in [0.25, 0.3) is 0 Å². The first-order valence-electron chi connectivity index (χ1n) is 12.4. The molecule has 1 unspecified atom stereocenters. The number of nitrogens with zero attached hydrogens (tertiary/aromatic N) is 4. The smallest absolute Gasteiger partial charge is 0.187 e. The van der Waals surface area contributed by atoms with Crippen LogP contribution in [0.3, 0.4) is 0 Å². The monoisotopic (exact) mass is 444 g/mol. The Morgan fingerprint density at radius 2 is 1.67 bits per heavy atom. The Balaban J connectivity index is 1.47. The van der Waals surface area contributed by atoms with Crippen LogP contribution < -0.4 is 4.90 Å². The zero-order chi connectivity index (χ0) is 23.1. The van der Waals surface area contributed by atoms with Gasteiger partial charge < -0.3 is 10.0 Å². The van der Waals surface area contributed by atoms with Crippen molar-refractivity contribution in [1.82, 2.24) is 9.80 Å². The van der Waals surface area contributed by atoms with Gasteiger partial charge in [0.05, 0.1) is 11.3 Å². The molecule has 5 heteroatoms. The third kappa shape index (κ3) is 3.75. The van der Waals surface area contributed by atoms with Crippen molar-refractivity contribution in [2.75, 3.05) is 32.1 Å². The molecule has 5 rings (SSSR count). The van der Waals surface area contributed by atoms with Crippen LogP contribution in [0.5, 0.6) is 0 Å². The highest BCUT2D eigenvalue weighted by Gasteiger charge is 2.55. The molecule has 1 spiro atoms. The predicted molar refractivity (Wildman–Crippen MR) is 132 cm³/mol. The number of anilines is 1. The molecular weight excluding hydrogens is 408 g/mol. The van der Waals surface area contributed by atoms with Crippen LogP contribution in [0.25, 0.3) is 0 Å². The third-order valence-electron chi connectivity index (χ3n) is 8.82. The first-order valence-corrected chi connectivity index (χ1v) is 12.4. The van der Waals surface area contributed by atoms with Gasteiger partial charge in [-0.2, -0.15) is 5.26 Å². The minimum absolute atomic E-state index is 0.0254. The van der Waals surface area contributed by atoms with Crippen LogP contribution in [0.15, 0.2) is 54.6 Å². The van der Waals surface area contributed by atoms with Crippen LogP contribution in [0.2, 0.25) is 0 Å². The highest BCUT2D eigenvalue weighted by molar-refractivity contribution is 5.60. The largest absolute Gasteiger partial charge is 0.361 e. The van der Waals surface area contributed by atoms with Gasteiger partial charge in [0.1, 0.15) is 6.07 Å². The van der Waals surface area contributed by atoms with E-state index in [1.54, 1.807) is 0 Å². The minimum Gasteiger partial charge on any atom is -0.361 e. The first kappa shape index (κ1) is 22.4. The topological polar surface area (TPSA) is 53.7 Å². The fraction of sp³-hybridized carbons (Fsp3) is 0.536. The number of aliphatic hydroxyl groups excluding tert-OH is 1. The molecule has 1 heterocycles. The zero-order valence-corrected chi connectivity index (χ0v) is 20.0. The summed E-state index contributed by atoms with van der Waals surface area (Å²) in [6.07, 6.45) is 7.35. The van der Waals surface area contributed by atoms with Crippen molar-refractivity contribution in [2.24, 2.45) is 5.92 Å². The molecule has 1 atom stereocenters. The standard InChI is InChI=1S/C28H36N4O/c1-30(2)28(24-12-4-3-5-13-24)17-15-27(16-18-28)21-31(25-14-7-6-11-23(25)19-29)26(33)32(27)20-22-9-8-10-22/h3-7,11-14,22,26,33H,8-10,15-18,20-21H2,1-2H3. The zero-order valence-electron chi connectivity index (χ0n) is 20.0. The SMILES string of the molecule is CN(C)C1(c2ccccc2)CCC2(CC1)CN(c1ccccc1C#N)C(O)N2CC1CCC1. The van der Waals surface area contributed by atoms with Gasteiger partial charge >= 0.3 is 0 Å². The fourth-order valence-corrected chi connectivity index (χ4v) is 6.49. The maximum Gasteiger partial charge on any atom is 0.187 e. The van der Waals surface area contributed by atoms with E-state index in [4.69, 9.17) is 0 Å². The molecule has 2 saturated carbocycles. The van der Waals surface area contributed by atoms with E-state index >= 15 is 0 Å². The average molecular weight is 445 g/mol. The molecule has 3 fully saturated rings. The number of nitriles is 1. The summed E-state index contributed by atoms with van der Waals surface area (Å²) in [5.41, 5.74) is 2.85. The minimum atomic E-state index is -0.677. The van der Waals surface area contributed by atoms with Crippen molar-refractivity contribution in [3.05, 3.63) is 65.7 Å². The Morgan fingerprint density at radius 3 is 2.27 bits per heavy atom. The lowest BCUT2D eigenvalue weighted by Crippen LogP contribution is -2.57. The maximum absolute atomic E-state index is 11.6. The van der Waals surface area contributed by atoms with Crippen molar-refractivity contribution < 1.29 is 5.11 Å². The molecule has 1 N–H and O–H groups in total. The van der Waals surface area contributed by atoms with E-state index in [0.717, 1.165) is 44.5 Å². The number of benzene rings is 2. The molecule has 0 aromatic heterocycles. The predicted octanol–water partition coefficient (Wildman–Crippen LogP) is 4.53. The maximum atomic E-state index is 11.6. The van der Waals surface area contributed by atoms with E-state index in [-0.39, 0.29) is 11.1 Å². The fourth-order valence-electron chi connectivity index (χ4n) is 6.49. The summed E-state index contributed by atoms with van der Waals surface area (Å²) in [7, 11) is 4.41. The van der Waals surface area contributed by atoms with E-state index in [1.807, 2.05) is 24.3 Å². The van der Waals surface area contributed by atoms with E-state index in [9.17, 15) is 10.4 Å². The number of hydrogen-bond donors (Lipinski definition) is 1. The van der Waals surface area contributed by atoms with Gasteiger partial charge in [-0.05, 0) is 76.2 Å². The highest BCUT2D eigenvalue weighted by Crippen LogP contribution is 2.51. The number of hydrogen-bond acceptors (Lipinski definition) is 5. The summed E-state index contributed by atoms with van der Waals surface area (Å²) in [6.45, 7) is 1.73. The van der Waals surface area contributed by atoms with Crippen LogP contribution in [-0.2, 0) is 5.54 Å². The van der Waals surface area contributed by atoms with Crippen LogP contribution >= 0.6 is 0 Å². The number of aliphatic hydroxyl groups is 1. The molecule has 2 aromatic carbocycles. The van der Waals surface area contributed by atoms with Gasteiger partial charge in [0.15, 0.2) is 6.35 Å². The summed E-state index contributed by atoms with van der Waals surface area (Å²) in [5.74, 6) is 0.678. The van der Waals surface area contributed by atoms with Crippen LogP contribution in [0.4, 0.5) is 5.69 Å². The first-order chi connectivity index (χ1) is 16.0. The molecule has 33 heavy (non-hydrogen) atoms. The molecule has 0 bridgehead atoms. The Bertz CT molecular complexity index is 1000. The molecule has 5 nitrogen and oxygen atoms in total. The van der Waals surface area contributed by atoms with Crippen molar-refractivity contribution in [3.8, 4) is 6.07 Å².